The number of piperidine rings is 1. The Kier molecular flexibility index (Phi) is 3.70. The molecule has 0 saturated carbocycles. The number of aromatic nitrogens is 2. The minimum Gasteiger partial charge on any atom is -0.469 e. The number of para-hydroxylation sites is 2. The summed E-state index contributed by atoms with van der Waals surface area (Å²) in [6, 6.07) is 7.98. The predicted molar refractivity (Wildman–Crippen MR) is 86.0 cm³/mol. The van der Waals surface area contributed by atoms with Crippen molar-refractivity contribution in [3.63, 3.8) is 0 Å². The topological polar surface area (TPSA) is 38.3 Å². The average Bonchev–Trinajstić information content (AvgIpc) is 2.46. The van der Waals surface area contributed by atoms with Crippen LogP contribution in [0, 0.1) is 0 Å². The molecule has 1 aliphatic rings. The van der Waals surface area contributed by atoms with Gasteiger partial charge in [0.25, 0.3) is 5.88 Å². The molecule has 4 heteroatoms. The van der Waals surface area contributed by atoms with Crippen molar-refractivity contribution in [3.05, 3.63) is 24.3 Å². The van der Waals surface area contributed by atoms with Crippen molar-refractivity contribution in [1.82, 2.24) is 9.97 Å². The first-order chi connectivity index (χ1) is 10.0. The largest absolute Gasteiger partial charge is 0.469 e. The highest BCUT2D eigenvalue weighted by molar-refractivity contribution is 5.77. The first-order valence-corrected chi connectivity index (χ1v) is 7.74. The average molecular weight is 285 g/mol. The van der Waals surface area contributed by atoms with Crippen molar-refractivity contribution >= 4 is 16.9 Å². The third-order valence-corrected chi connectivity index (χ3v) is 3.58. The number of hydrogen-bond acceptors (Lipinski definition) is 4. The van der Waals surface area contributed by atoms with Gasteiger partial charge in [-0.2, -0.15) is 0 Å². The smallest absolute Gasteiger partial charge is 0.258 e. The number of nitrogens with zero attached hydrogens (tertiary/aromatic N) is 3. The van der Waals surface area contributed by atoms with Gasteiger partial charge in [0.05, 0.1) is 11.0 Å². The van der Waals surface area contributed by atoms with E-state index in [1.807, 2.05) is 45.0 Å². The molecule has 2 aromatic rings. The van der Waals surface area contributed by atoms with Gasteiger partial charge < -0.3 is 9.64 Å². The minimum absolute atomic E-state index is 0.276. The van der Waals surface area contributed by atoms with Gasteiger partial charge in [-0.1, -0.05) is 12.1 Å². The molecule has 1 aliphatic heterocycles. The Morgan fingerprint density at radius 1 is 0.952 bits per heavy atom. The fourth-order valence-corrected chi connectivity index (χ4v) is 2.64. The summed E-state index contributed by atoms with van der Waals surface area (Å²) < 4.78 is 6.08. The summed E-state index contributed by atoms with van der Waals surface area (Å²) in [5.74, 6) is 1.55. The van der Waals surface area contributed by atoms with Gasteiger partial charge in [0, 0.05) is 13.1 Å². The van der Waals surface area contributed by atoms with Crippen LogP contribution in [0.1, 0.15) is 40.0 Å². The molecule has 0 atom stereocenters. The van der Waals surface area contributed by atoms with Crippen LogP contribution in [0.15, 0.2) is 24.3 Å². The van der Waals surface area contributed by atoms with Crippen molar-refractivity contribution < 1.29 is 4.74 Å². The molecule has 1 fully saturated rings. The highest BCUT2D eigenvalue weighted by atomic mass is 16.5. The summed E-state index contributed by atoms with van der Waals surface area (Å²) in [5.41, 5.74) is 1.54. The Labute approximate surface area is 126 Å². The first-order valence-electron chi connectivity index (χ1n) is 7.74. The molecule has 112 valence electrons. The normalized spacial score (nSPS) is 16.2. The quantitative estimate of drug-likeness (QED) is 0.841. The number of anilines is 1. The van der Waals surface area contributed by atoms with Gasteiger partial charge in [0.1, 0.15) is 5.60 Å². The van der Waals surface area contributed by atoms with E-state index < -0.39 is 0 Å². The van der Waals surface area contributed by atoms with Crippen molar-refractivity contribution in [2.45, 2.75) is 45.6 Å². The van der Waals surface area contributed by atoms with E-state index in [9.17, 15) is 0 Å². The predicted octanol–water partition coefficient (Wildman–Crippen LogP) is 3.80. The maximum atomic E-state index is 6.08. The van der Waals surface area contributed by atoms with E-state index in [1.165, 1.54) is 19.3 Å². The molecule has 0 spiro atoms. The van der Waals surface area contributed by atoms with Crippen LogP contribution in [-0.2, 0) is 0 Å². The van der Waals surface area contributed by atoms with Crippen LogP contribution in [0.4, 0.5) is 5.82 Å². The Bertz CT molecular complexity index is 627. The summed E-state index contributed by atoms with van der Waals surface area (Å²) in [4.78, 5) is 11.8. The van der Waals surface area contributed by atoms with Gasteiger partial charge in [0.15, 0.2) is 5.82 Å². The molecule has 3 rings (SSSR count). The van der Waals surface area contributed by atoms with Gasteiger partial charge >= 0.3 is 0 Å². The lowest BCUT2D eigenvalue weighted by Crippen LogP contribution is -2.32. The highest BCUT2D eigenvalue weighted by Gasteiger charge is 2.23. The zero-order valence-electron chi connectivity index (χ0n) is 13.1. The van der Waals surface area contributed by atoms with Gasteiger partial charge in [-0.05, 0) is 52.2 Å². The molecule has 1 aromatic carbocycles. The lowest BCUT2D eigenvalue weighted by atomic mass is 10.1. The van der Waals surface area contributed by atoms with Crippen LogP contribution < -0.4 is 9.64 Å². The zero-order chi connectivity index (χ0) is 14.9. The molecular weight excluding hydrogens is 262 g/mol. The monoisotopic (exact) mass is 285 g/mol. The van der Waals surface area contributed by atoms with Crippen LogP contribution >= 0.6 is 0 Å². The first kappa shape index (κ1) is 14.1. The lowest BCUT2D eigenvalue weighted by Gasteiger charge is -2.30. The number of hydrogen-bond donors (Lipinski definition) is 0. The lowest BCUT2D eigenvalue weighted by molar-refractivity contribution is 0.124. The number of rotatable bonds is 2. The Morgan fingerprint density at radius 2 is 1.57 bits per heavy atom. The second-order valence-electron chi connectivity index (χ2n) is 6.60. The maximum absolute atomic E-state index is 6.08. The SMILES string of the molecule is CC(C)(C)Oc1nc2ccccc2nc1N1CCCCC1. The van der Waals surface area contributed by atoms with E-state index in [-0.39, 0.29) is 5.60 Å². The number of benzene rings is 1. The van der Waals surface area contributed by atoms with Crippen LogP contribution in [0.2, 0.25) is 0 Å². The van der Waals surface area contributed by atoms with E-state index in [0.717, 1.165) is 29.9 Å². The van der Waals surface area contributed by atoms with E-state index in [0.29, 0.717) is 5.88 Å². The summed E-state index contributed by atoms with van der Waals surface area (Å²) >= 11 is 0. The number of ether oxygens (including phenoxy) is 1. The molecule has 2 heterocycles. The van der Waals surface area contributed by atoms with Gasteiger partial charge in [-0.15, -0.1) is 0 Å². The molecule has 21 heavy (non-hydrogen) atoms. The third-order valence-electron chi connectivity index (χ3n) is 3.58. The molecule has 0 unspecified atom stereocenters. The Morgan fingerprint density at radius 3 is 2.19 bits per heavy atom. The highest BCUT2D eigenvalue weighted by Crippen LogP contribution is 2.31. The molecule has 0 radical (unpaired) electrons. The molecule has 4 nitrogen and oxygen atoms in total. The van der Waals surface area contributed by atoms with Crippen LogP contribution in [0.3, 0.4) is 0 Å². The fraction of sp³-hybridized carbons (Fsp3) is 0.529. The molecule has 1 aromatic heterocycles. The summed E-state index contributed by atoms with van der Waals surface area (Å²) in [7, 11) is 0. The van der Waals surface area contributed by atoms with Gasteiger partial charge in [0.2, 0.25) is 0 Å². The third kappa shape index (κ3) is 3.26. The molecule has 0 aliphatic carbocycles. The maximum Gasteiger partial charge on any atom is 0.258 e. The molecule has 0 N–H and O–H groups in total. The Hall–Kier alpha value is -1.84. The van der Waals surface area contributed by atoms with E-state index in [4.69, 9.17) is 14.7 Å². The van der Waals surface area contributed by atoms with E-state index in [2.05, 4.69) is 4.90 Å². The molecule has 0 bridgehead atoms. The fourth-order valence-electron chi connectivity index (χ4n) is 2.64. The van der Waals surface area contributed by atoms with Gasteiger partial charge in [-0.25, -0.2) is 9.97 Å². The van der Waals surface area contributed by atoms with Crippen molar-refractivity contribution in [2.75, 3.05) is 18.0 Å². The van der Waals surface area contributed by atoms with Crippen molar-refractivity contribution in [3.8, 4) is 5.88 Å². The molecular formula is C17H23N3O. The van der Waals surface area contributed by atoms with E-state index in [1.54, 1.807) is 0 Å². The van der Waals surface area contributed by atoms with Crippen LogP contribution in [0.5, 0.6) is 5.88 Å². The standard InChI is InChI=1S/C17H23N3O/c1-17(2,3)21-16-15(20-11-7-4-8-12-20)18-13-9-5-6-10-14(13)19-16/h5-6,9-10H,4,7-8,11-12H2,1-3H3. The van der Waals surface area contributed by atoms with E-state index >= 15 is 0 Å². The second-order valence-corrected chi connectivity index (χ2v) is 6.60. The zero-order valence-corrected chi connectivity index (χ0v) is 13.1. The molecule has 1 saturated heterocycles. The Balaban J connectivity index is 2.07. The summed E-state index contributed by atoms with van der Waals surface area (Å²) in [6.07, 6.45) is 3.72. The second kappa shape index (κ2) is 5.51. The summed E-state index contributed by atoms with van der Waals surface area (Å²) in [5, 5.41) is 0. The molecule has 0 amide bonds. The van der Waals surface area contributed by atoms with Crippen molar-refractivity contribution in [2.24, 2.45) is 0 Å². The van der Waals surface area contributed by atoms with Crippen LogP contribution in [0.25, 0.3) is 11.0 Å². The van der Waals surface area contributed by atoms with Gasteiger partial charge in [-0.3, -0.25) is 0 Å². The number of fused-ring (bicyclic) bond motifs is 1. The van der Waals surface area contributed by atoms with Crippen LogP contribution in [-0.4, -0.2) is 28.7 Å². The van der Waals surface area contributed by atoms with Crippen molar-refractivity contribution in [1.29, 1.82) is 0 Å². The minimum atomic E-state index is -0.276. The summed E-state index contributed by atoms with van der Waals surface area (Å²) in [6.45, 7) is 8.21.